The van der Waals surface area contributed by atoms with Crippen molar-refractivity contribution in [2.24, 2.45) is 17.2 Å². The topological polar surface area (TPSA) is 231 Å². The lowest BCUT2D eigenvalue weighted by Crippen LogP contribution is -2.56. The second-order valence-electron chi connectivity index (χ2n) is 10.2. The van der Waals surface area contributed by atoms with E-state index in [0.717, 1.165) is 22.3 Å². The number of nitrogens with one attached hydrogen (secondary N) is 4. The monoisotopic (exact) mass is 579 g/mol. The average Bonchev–Trinajstić information content (AvgIpc) is 3.40. The molecule has 3 atom stereocenters. The SMILES string of the molecule is Cc1cc(O)cc(C)c1CC(NC(=O)C(CCN)NC(=N)N)C(=O)N[C@@H](CCCN)c1nc(Cc2ccccc2)no1. The Morgan fingerprint density at radius 3 is 2.26 bits per heavy atom. The quantitative estimate of drug-likeness (QED) is 0.0932. The highest BCUT2D eigenvalue weighted by Gasteiger charge is 2.30. The fraction of sp³-hybridized carbons (Fsp3) is 0.414. The smallest absolute Gasteiger partial charge is 0.249 e. The van der Waals surface area contributed by atoms with E-state index in [-0.39, 0.29) is 37.0 Å². The van der Waals surface area contributed by atoms with Crippen LogP contribution in [0.5, 0.6) is 5.75 Å². The number of rotatable bonds is 15. The molecule has 42 heavy (non-hydrogen) atoms. The Morgan fingerprint density at radius 2 is 1.64 bits per heavy atom. The number of nitrogens with zero attached hydrogens (tertiary/aromatic N) is 2. The number of phenolic OH excluding ortho intramolecular Hbond substituents is 1. The third-order valence-electron chi connectivity index (χ3n) is 6.82. The van der Waals surface area contributed by atoms with Crippen LogP contribution in [0.1, 0.15) is 59.3 Å². The number of aromatic hydroxyl groups is 1. The maximum Gasteiger partial charge on any atom is 0.249 e. The molecule has 0 spiro atoms. The van der Waals surface area contributed by atoms with E-state index in [1.165, 1.54) is 0 Å². The van der Waals surface area contributed by atoms with E-state index in [1.807, 2.05) is 44.2 Å². The summed E-state index contributed by atoms with van der Waals surface area (Å²) in [5, 5.41) is 30.0. The summed E-state index contributed by atoms with van der Waals surface area (Å²) >= 11 is 0. The van der Waals surface area contributed by atoms with Crippen molar-refractivity contribution in [3.8, 4) is 5.75 Å². The molecule has 3 rings (SSSR count). The van der Waals surface area contributed by atoms with Crippen LogP contribution in [0, 0.1) is 19.3 Å². The molecule has 0 fully saturated rings. The van der Waals surface area contributed by atoms with Crippen LogP contribution in [0.3, 0.4) is 0 Å². The Hall–Kier alpha value is -4.49. The molecule has 3 aromatic rings. The molecule has 1 heterocycles. The van der Waals surface area contributed by atoms with Crippen LogP contribution >= 0.6 is 0 Å². The first kappa shape index (κ1) is 32.0. The summed E-state index contributed by atoms with van der Waals surface area (Å²) in [4.78, 5) is 31.6. The van der Waals surface area contributed by atoms with E-state index in [2.05, 4.69) is 26.1 Å². The molecule has 0 saturated carbocycles. The van der Waals surface area contributed by atoms with Gasteiger partial charge in [-0.1, -0.05) is 35.5 Å². The third-order valence-corrected chi connectivity index (χ3v) is 6.82. The fourth-order valence-electron chi connectivity index (χ4n) is 4.71. The minimum atomic E-state index is -1.03. The lowest BCUT2D eigenvalue weighted by atomic mass is 9.95. The minimum Gasteiger partial charge on any atom is -0.508 e. The number of nitrogens with two attached hydrogens (primary N) is 3. The van der Waals surface area contributed by atoms with Crippen LogP contribution in [0.4, 0.5) is 0 Å². The summed E-state index contributed by atoms with van der Waals surface area (Å²) in [5.41, 5.74) is 20.3. The van der Waals surface area contributed by atoms with Crippen molar-refractivity contribution in [1.82, 2.24) is 26.1 Å². The Balaban J connectivity index is 1.87. The van der Waals surface area contributed by atoms with E-state index in [9.17, 15) is 14.7 Å². The van der Waals surface area contributed by atoms with Crippen molar-refractivity contribution in [2.75, 3.05) is 13.1 Å². The standard InChI is InChI=1S/C29H41N9O4/c1-17-13-20(39)14-18(2)21(17)16-24(35-26(40)22(10-12-31)36-29(32)33)27(41)34-23(9-6-11-30)28-37-25(38-42-28)15-19-7-4-3-5-8-19/h3-5,7-8,13-14,22-24,39H,6,9-12,15-16,30-31H2,1-2H3,(H,34,41)(H,35,40)(H4,32,33,36)/t22?,23-,24?/m0/s1. The molecule has 0 bridgehead atoms. The van der Waals surface area contributed by atoms with Gasteiger partial charge in [-0.3, -0.25) is 15.0 Å². The summed E-state index contributed by atoms with van der Waals surface area (Å²) in [6, 6.07) is 10.3. The molecule has 0 aliphatic carbocycles. The van der Waals surface area contributed by atoms with E-state index in [0.29, 0.717) is 31.6 Å². The van der Waals surface area contributed by atoms with Crippen LogP contribution in [0.25, 0.3) is 0 Å². The highest BCUT2D eigenvalue weighted by Crippen LogP contribution is 2.23. The predicted octanol–water partition coefficient (Wildman–Crippen LogP) is 0.807. The average molecular weight is 580 g/mol. The van der Waals surface area contributed by atoms with Gasteiger partial charge < -0.3 is 42.8 Å². The Labute approximate surface area is 245 Å². The van der Waals surface area contributed by atoms with Gasteiger partial charge in [-0.05, 0) is 80.6 Å². The number of carbonyl (C=O) groups is 2. The van der Waals surface area contributed by atoms with Gasteiger partial charge in [0.1, 0.15) is 23.9 Å². The van der Waals surface area contributed by atoms with Crippen LogP contribution < -0.4 is 33.2 Å². The van der Waals surface area contributed by atoms with Crippen LogP contribution in [-0.2, 0) is 22.4 Å². The molecule has 2 aromatic carbocycles. The Morgan fingerprint density at radius 1 is 0.976 bits per heavy atom. The maximum atomic E-state index is 13.8. The summed E-state index contributed by atoms with van der Waals surface area (Å²) in [5.74, 6) is -0.579. The van der Waals surface area contributed by atoms with Gasteiger partial charge >= 0.3 is 0 Å². The molecule has 2 amide bonds. The van der Waals surface area contributed by atoms with E-state index >= 15 is 0 Å². The lowest BCUT2D eigenvalue weighted by molar-refractivity contribution is -0.130. The zero-order valence-corrected chi connectivity index (χ0v) is 24.0. The van der Waals surface area contributed by atoms with E-state index in [4.69, 9.17) is 27.1 Å². The third kappa shape index (κ3) is 9.28. The zero-order chi connectivity index (χ0) is 30.6. The van der Waals surface area contributed by atoms with Gasteiger partial charge in [0.05, 0.1) is 0 Å². The highest BCUT2D eigenvalue weighted by atomic mass is 16.5. The lowest BCUT2D eigenvalue weighted by Gasteiger charge is -2.25. The van der Waals surface area contributed by atoms with Crippen molar-refractivity contribution in [2.45, 2.75) is 64.1 Å². The molecule has 0 aliphatic rings. The molecule has 0 aliphatic heterocycles. The Kier molecular flexibility index (Phi) is 11.8. The number of aryl methyl sites for hydroxylation is 2. The second-order valence-corrected chi connectivity index (χ2v) is 10.2. The van der Waals surface area contributed by atoms with Crippen molar-refractivity contribution >= 4 is 17.8 Å². The number of phenols is 1. The Bertz CT molecular complexity index is 1320. The largest absolute Gasteiger partial charge is 0.508 e. The number of amides is 2. The normalized spacial score (nSPS) is 13.1. The van der Waals surface area contributed by atoms with Gasteiger partial charge in [0, 0.05) is 12.8 Å². The summed E-state index contributed by atoms with van der Waals surface area (Å²) in [7, 11) is 0. The number of guanidine groups is 1. The molecule has 0 radical (unpaired) electrons. The van der Waals surface area contributed by atoms with E-state index in [1.54, 1.807) is 12.1 Å². The molecular weight excluding hydrogens is 538 g/mol. The molecule has 0 saturated heterocycles. The van der Waals surface area contributed by atoms with Crippen molar-refractivity contribution in [3.63, 3.8) is 0 Å². The fourth-order valence-corrected chi connectivity index (χ4v) is 4.71. The zero-order valence-electron chi connectivity index (χ0n) is 24.0. The summed E-state index contributed by atoms with van der Waals surface area (Å²) < 4.78 is 5.55. The van der Waals surface area contributed by atoms with Crippen molar-refractivity contribution in [1.29, 1.82) is 5.41 Å². The number of carbonyl (C=O) groups excluding carboxylic acids is 2. The van der Waals surface area contributed by atoms with Gasteiger partial charge in [0.15, 0.2) is 11.8 Å². The van der Waals surface area contributed by atoms with Crippen LogP contribution in [0.2, 0.25) is 0 Å². The van der Waals surface area contributed by atoms with Crippen LogP contribution in [-0.4, -0.2) is 58.2 Å². The summed E-state index contributed by atoms with van der Waals surface area (Å²) in [6.45, 7) is 4.20. The van der Waals surface area contributed by atoms with E-state index < -0.39 is 29.9 Å². The van der Waals surface area contributed by atoms with Gasteiger partial charge in [-0.15, -0.1) is 0 Å². The first-order valence-electron chi connectivity index (χ1n) is 13.9. The number of hydrogen-bond donors (Lipinski definition) is 8. The van der Waals surface area contributed by atoms with Crippen molar-refractivity contribution < 1.29 is 19.2 Å². The molecule has 13 nitrogen and oxygen atoms in total. The summed E-state index contributed by atoms with van der Waals surface area (Å²) in [6.07, 6.45) is 1.82. The number of benzene rings is 2. The minimum absolute atomic E-state index is 0.108. The first-order chi connectivity index (χ1) is 20.1. The molecule has 2 unspecified atom stereocenters. The molecule has 11 N–H and O–H groups in total. The van der Waals surface area contributed by atoms with Crippen LogP contribution in [0.15, 0.2) is 47.0 Å². The van der Waals surface area contributed by atoms with Gasteiger partial charge in [0.2, 0.25) is 17.7 Å². The molecule has 1 aromatic heterocycles. The van der Waals surface area contributed by atoms with Gasteiger partial charge in [0.25, 0.3) is 0 Å². The number of aromatic nitrogens is 2. The molecule has 226 valence electrons. The molecular formula is C29H41N9O4. The highest BCUT2D eigenvalue weighted by molar-refractivity contribution is 5.92. The van der Waals surface area contributed by atoms with Crippen molar-refractivity contribution in [3.05, 3.63) is 76.4 Å². The number of hydrogen-bond acceptors (Lipinski definition) is 9. The van der Waals surface area contributed by atoms with Gasteiger partial charge in [-0.25, -0.2) is 0 Å². The first-order valence-corrected chi connectivity index (χ1v) is 13.9. The predicted molar refractivity (Wildman–Crippen MR) is 158 cm³/mol. The maximum absolute atomic E-state index is 13.8. The second kappa shape index (κ2) is 15.5. The molecule has 13 heteroatoms. The van der Waals surface area contributed by atoms with Gasteiger partial charge in [-0.2, -0.15) is 4.98 Å².